The van der Waals surface area contributed by atoms with E-state index in [2.05, 4.69) is 12.2 Å². The van der Waals surface area contributed by atoms with Crippen LogP contribution in [-0.2, 0) is 6.42 Å². The molecule has 0 bridgehead atoms. The molecule has 0 saturated heterocycles. The molecule has 0 aliphatic rings. The molecule has 0 unspecified atom stereocenters. The lowest BCUT2D eigenvalue weighted by Crippen LogP contribution is -2.44. The molecule has 1 rings (SSSR count). The quantitative estimate of drug-likeness (QED) is 0.812. The van der Waals surface area contributed by atoms with Crippen molar-refractivity contribution in [2.75, 3.05) is 5.88 Å². The highest BCUT2D eigenvalue weighted by atomic mass is 35.5. The normalized spacial score (nSPS) is 11.5. The predicted octanol–water partition coefficient (Wildman–Crippen LogP) is 3.06. The van der Waals surface area contributed by atoms with Gasteiger partial charge in [0.2, 0.25) is 0 Å². The van der Waals surface area contributed by atoms with E-state index in [0.717, 1.165) is 11.3 Å². The number of halogens is 1. The Morgan fingerprint density at radius 3 is 2.67 bits per heavy atom. The zero-order valence-electron chi connectivity index (χ0n) is 9.26. The van der Waals surface area contributed by atoms with Gasteiger partial charge in [0, 0.05) is 16.3 Å². The van der Waals surface area contributed by atoms with Crippen molar-refractivity contribution in [1.82, 2.24) is 5.32 Å². The van der Waals surface area contributed by atoms with Gasteiger partial charge in [0.15, 0.2) is 0 Å². The summed E-state index contributed by atoms with van der Waals surface area (Å²) in [4.78, 5) is 13.8. The molecule has 0 aliphatic carbocycles. The average Bonchev–Trinajstić information content (AvgIpc) is 2.65. The highest BCUT2D eigenvalue weighted by Crippen LogP contribution is 2.17. The molecule has 2 nitrogen and oxygen atoms in total. The summed E-state index contributed by atoms with van der Waals surface area (Å²) in [5.41, 5.74) is -0.352. The van der Waals surface area contributed by atoms with Gasteiger partial charge in [-0.25, -0.2) is 0 Å². The molecule has 0 saturated carbocycles. The molecule has 1 aromatic rings. The van der Waals surface area contributed by atoms with Crippen LogP contribution < -0.4 is 5.32 Å². The lowest BCUT2D eigenvalue weighted by Gasteiger charge is -2.22. The van der Waals surface area contributed by atoms with Gasteiger partial charge in [0.1, 0.15) is 0 Å². The van der Waals surface area contributed by atoms with E-state index in [-0.39, 0.29) is 11.4 Å². The third kappa shape index (κ3) is 3.50. The highest BCUT2D eigenvalue weighted by molar-refractivity contribution is 7.14. The van der Waals surface area contributed by atoms with Gasteiger partial charge >= 0.3 is 0 Å². The molecular weight excluding hydrogens is 230 g/mol. The maximum Gasteiger partial charge on any atom is 0.261 e. The van der Waals surface area contributed by atoms with E-state index >= 15 is 0 Å². The summed E-state index contributed by atoms with van der Waals surface area (Å²) >= 11 is 7.28. The minimum Gasteiger partial charge on any atom is -0.345 e. The Hall–Kier alpha value is -0.540. The molecular formula is C11H16ClNOS. The van der Waals surface area contributed by atoms with Crippen molar-refractivity contribution in [1.29, 1.82) is 0 Å². The van der Waals surface area contributed by atoms with Gasteiger partial charge in [-0.3, -0.25) is 4.79 Å². The monoisotopic (exact) mass is 245 g/mol. The number of amides is 1. The van der Waals surface area contributed by atoms with E-state index in [0.29, 0.717) is 5.88 Å². The van der Waals surface area contributed by atoms with Crippen molar-refractivity contribution in [3.8, 4) is 0 Å². The molecule has 4 heteroatoms. The fraction of sp³-hybridized carbons (Fsp3) is 0.545. The Morgan fingerprint density at radius 1 is 1.53 bits per heavy atom. The van der Waals surface area contributed by atoms with Crippen LogP contribution in [0.5, 0.6) is 0 Å². The first-order valence-corrected chi connectivity index (χ1v) is 6.31. The van der Waals surface area contributed by atoms with Gasteiger partial charge in [-0.05, 0) is 32.4 Å². The van der Waals surface area contributed by atoms with E-state index in [4.69, 9.17) is 11.6 Å². The molecule has 0 spiro atoms. The average molecular weight is 246 g/mol. The van der Waals surface area contributed by atoms with Crippen LogP contribution in [-0.4, -0.2) is 17.3 Å². The van der Waals surface area contributed by atoms with E-state index in [1.807, 2.05) is 26.0 Å². The summed E-state index contributed by atoms with van der Waals surface area (Å²) in [6.07, 6.45) is 0.969. The molecule has 0 atom stereocenters. The van der Waals surface area contributed by atoms with Crippen molar-refractivity contribution >= 4 is 28.8 Å². The minimum absolute atomic E-state index is 0.0367. The summed E-state index contributed by atoms with van der Waals surface area (Å²) in [6, 6.07) is 3.86. The summed E-state index contributed by atoms with van der Waals surface area (Å²) < 4.78 is 0. The number of hydrogen-bond donors (Lipinski definition) is 1. The van der Waals surface area contributed by atoms with E-state index in [1.165, 1.54) is 16.2 Å². The Kier molecular flexibility index (Phi) is 4.17. The third-order valence-corrected chi connectivity index (χ3v) is 3.92. The van der Waals surface area contributed by atoms with Crippen LogP contribution in [0.1, 0.15) is 35.3 Å². The smallest absolute Gasteiger partial charge is 0.261 e. The summed E-state index contributed by atoms with van der Waals surface area (Å²) in [6.45, 7) is 5.90. The molecule has 1 N–H and O–H groups in total. The number of thiophene rings is 1. The Morgan fingerprint density at radius 2 is 2.20 bits per heavy atom. The number of nitrogens with one attached hydrogen (secondary N) is 1. The second-order valence-corrected chi connectivity index (χ2v) is 5.53. The van der Waals surface area contributed by atoms with Gasteiger partial charge in [-0.15, -0.1) is 22.9 Å². The van der Waals surface area contributed by atoms with Crippen molar-refractivity contribution in [3.63, 3.8) is 0 Å². The zero-order valence-corrected chi connectivity index (χ0v) is 10.8. The second kappa shape index (κ2) is 4.99. The van der Waals surface area contributed by atoms with Crippen LogP contribution in [0.2, 0.25) is 0 Å². The number of alkyl halides is 1. The van der Waals surface area contributed by atoms with Crippen molar-refractivity contribution in [3.05, 3.63) is 21.9 Å². The summed E-state index contributed by atoms with van der Waals surface area (Å²) in [7, 11) is 0. The molecule has 15 heavy (non-hydrogen) atoms. The van der Waals surface area contributed by atoms with Crippen LogP contribution >= 0.6 is 22.9 Å². The number of aryl methyl sites for hydroxylation is 1. The summed E-state index contributed by atoms with van der Waals surface area (Å²) in [5, 5.41) is 2.90. The first-order chi connectivity index (χ1) is 6.98. The Bertz CT molecular complexity index is 346. The van der Waals surface area contributed by atoms with Gasteiger partial charge in [-0.2, -0.15) is 0 Å². The maximum absolute atomic E-state index is 11.8. The van der Waals surface area contributed by atoms with Crippen molar-refractivity contribution in [2.24, 2.45) is 0 Å². The SMILES string of the molecule is CCc1ccc(C(=O)NC(C)(C)CCl)s1. The molecule has 1 heterocycles. The van der Waals surface area contributed by atoms with Crippen molar-refractivity contribution in [2.45, 2.75) is 32.7 Å². The number of carbonyl (C=O) groups excluding carboxylic acids is 1. The number of hydrogen-bond acceptors (Lipinski definition) is 2. The molecule has 0 aliphatic heterocycles. The van der Waals surface area contributed by atoms with Crippen LogP contribution in [0.3, 0.4) is 0 Å². The van der Waals surface area contributed by atoms with Crippen LogP contribution in [0, 0.1) is 0 Å². The fourth-order valence-corrected chi connectivity index (χ4v) is 2.00. The number of carbonyl (C=O) groups is 1. The summed E-state index contributed by atoms with van der Waals surface area (Å²) in [5.74, 6) is 0.371. The fourth-order valence-electron chi connectivity index (χ4n) is 1.09. The van der Waals surface area contributed by atoms with Gasteiger partial charge < -0.3 is 5.32 Å². The van der Waals surface area contributed by atoms with Crippen LogP contribution in [0.4, 0.5) is 0 Å². The molecule has 0 radical (unpaired) electrons. The highest BCUT2D eigenvalue weighted by Gasteiger charge is 2.20. The first kappa shape index (κ1) is 12.5. The van der Waals surface area contributed by atoms with E-state index < -0.39 is 0 Å². The van der Waals surface area contributed by atoms with E-state index in [9.17, 15) is 4.79 Å². The predicted molar refractivity (Wildman–Crippen MR) is 66.0 cm³/mol. The van der Waals surface area contributed by atoms with Crippen molar-refractivity contribution < 1.29 is 4.79 Å². The minimum atomic E-state index is -0.352. The Balaban J connectivity index is 2.69. The van der Waals surface area contributed by atoms with Crippen LogP contribution in [0.25, 0.3) is 0 Å². The number of rotatable bonds is 4. The zero-order chi connectivity index (χ0) is 11.5. The lowest BCUT2D eigenvalue weighted by molar-refractivity contribution is 0.0924. The van der Waals surface area contributed by atoms with Gasteiger partial charge in [0.25, 0.3) is 5.91 Å². The second-order valence-electron chi connectivity index (χ2n) is 4.09. The third-order valence-electron chi connectivity index (χ3n) is 2.02. The maximum atomic E-state index is 11.8. The van der Waals surface area contributed by atoms with Gasteiger partial charge in [-0.1, -0.05) is 6.92 Å². The topological polar surface area (TPSA) is 29.1 Å². The standard InChI is InChI=1S/C11H16ClNOS/c1-4-8-5-6-9(15-8)10(14)13-11(2,3)7-12/h5-6H,4,7H2,1-3H3,(H,13,14). The van der Waals surface area contributed by atoms with Gasteiger partial charge in [0.05, 0.1) is 4.88 Å². The van der Waals surface area contributed by atoms with E-state index in [1.54, 1.807) is 0 Å². The Labute approximate surface area is 99.6 Å². The lowest BCUT2D eigenvalue weighted by atomic mass is 10.1. The first-order valence-electron chi connectivity index (χ1n) is 4.95. The van der Waals surface area contributed by atoms with Crippen LogP contribution in [0.15, 0.2) is 12.1 Å². The molecule has 1 aromatic heterocycles. The largest absolute Gasteiger partial charge is 0.345 e. The molecule has 84 valence electrons. The molecule has 0 aromatic carbocycles. The molecule has 1 amide bonds. The molecule has 0 fully saturated rings.